The van der Waals surface area contributed by atoms with Crippen LogP contribution in [0.25, 0.3) is 5.52 Å². The van der Waals surface area contributed by atoms with Crippen molar-refractivity contribution in [2.75, 3.05) is 0 Å². The van der Waals surface area contributed by atoms with Gasteiger partial charge >= 0.3 is 0 Å². The summed E-state index contributed by atoms with van der Waals surface area (Å²) in [7, 11) is 0. The summed E-state index contributed by atoms with van der Waals surface area (Å²) in [6.07, 6.45) is 2.96. The molecule has 0 aromatic carbocycles. The Kier molecular flexibility index (Phi) is 2.23. The molecular weight excluding hydrogens is 184 g/mol. The minimum Gasteiger partial charge on any atom is -0.303 e. The minimum absolute atomic E-state index is 0.480. The summed E-state index contributed by atoms with van der Waals surface area (Å²) in [5.74, 6) is 1.55. The van der Waals surface area contributed by atoms with Gasteiger partial charge in [0.15, 0.2) is 0 Å². The maximum atomic E-state index is 5.80. The number of pyridine rings is 1. The van der Waals surface area contributed by atoms with Crippen LogP contribution < -0.4 is 0 Å². The molecule has 0 saturated carbocycles. The van der Waals surface area contributed by atoms with Gasteiger partial charge in [-0.3, -0.25) is 0 Å². The summed E-state index contributed by atoms with van der Waals surface area (Å²) in [5, 5.41) is 0. The van der Waals surface area contributed by atoms with Crippen molar-refractivity contribution in [3.8, 4) is 0 Å². The van der Waals surface area contributed by atoms with Crippen molar-refractivity contribution in [1.29, 1.82) is 0 Å². The second-order valence-electron chi connectivity index (χ2n) is 2.92. The van der Waals surface area contributed by atoms with Crippen LogP contribution in [-0.2, 0) is 12.3 Å². The Bertz CT molecular complexity index is 382. The van der Waals surface area contributed by atoms with E-state index in [4.69, 9.17) is 11.6 Å². The molecule has 0 fully saturated rings. The summed E-state index contributed by atoms with van der Waals surface area (Å²) in [6.45, 7) is 2.10. The lowest BCUT2D eigenvalue weighted by molar-refractivity contribution is 0.928. The first-order valence-corrected chi connectivity index (χ1v) is 4.91. The van der Waals surface area contributed by atoms with E-state index < -0.39 is 0 Å². The highest BCUT2D eigenvalue weighted by atomic mass is 35.5. The van der Waals surface area contributed by atoms with Crippen LogP contribution >= 0.6 is 11.6 Å². The molecule has 0 bridgehead atoms. The zero-order valence-corrected chi connectivity index (χ0v) is 8.25. The van der Waals surface area contributed by atoms with Gasteiger partial charge in [-0.1, -0.05) is 13.0 Å². The monoisotopic (exact) mass is 194 g/mol. The van der Waals surface area contributed by atoms with Gasteiger partial charge in [-0.25, -0.2) is 4.98 Å². The van der Waals surface area contributed by atoms with Crippen LogP contribution in [-0.4, -0.2) is 9.38 Å². The quantitative estimate of drug-likeness (QED) is 0.672. The molecular formula is C10H11ClN2. The minimum atomic E-state index is 0.480. The molecule has 0 aliphatic heterocycles. The number of nitrogens with zero attached hydrogens (tertiary/aromatic N) is 2. The van der Waals surface area contributed by atoms with Gasteiger partial charge in [-0.15, -0.1) is 11.6 Å². The lowest BCUT2D eigenvalue weighted by Gasteiger charge is -1.95. The predicted molar refractivity (Wildman–Crippen MR) is 54.1 cm³/mol. The Morgan fingerprint density at radius 2 is 2.31 bits per heavy atom. The fourth-order valence-corrected chi connectivity index (χ4v) is 1.71. The molecule has 13 heavy (non-hydrogen) atoms. The second-order valence-corrected chi connectivity index (χ2v) is 3.19. The van der Waals surface area contributed by atoms with E-state index in [-0.39, 0.29) is 0 Å². The average molecular weight is 195 g/mol. The maximum absolute atomic E-state index is 5.80. The highest BCUT2D eigenvalue weighted by Gasteiger charge is 2.06. The normalized spacial score (nSPS) is 10.9. The van der Waals surface area contributed by atoms with E-state index in [0.717, 1.165) is 23.5 Å². The van der Waals surface area contributed by atoms with E-state index in [1.54, 1.807) is 0 Å². The van der Waals surface area contributed by atoms with Gasteiger partial charge in [-0.2, -0.15) is 0 Å². The summed E-state index contributed by atoms with van der Waals surface area (Å²) >= 11 is 5.80. The fourth-order valence-electron chi connectivity index (χ4n) is 1.52. The van der Waals surface area contributed by atoms with Crippen LogP contribution in [0.15, 0.2) is 24.4 Å². The molecule has 2 rings (SSSR count). The molecule has 2 nitrogen and oxygen atoms in total. The second kappa shape index (κ2) is 3.38. The van der Waals surface area contributed by atoms with Crippen LogP contribution in [0, 0.1) is 0 Å². The molecule has 2 aromatic rings. The van der Waals surface area contributed by atoms with Crippen LogP contribution in [0.5, 0.6) is 0 Å². The van der Waals surface area contributed by atoms with E-state index in [9.17, 15) is 0 Å². The summed E-state index contributed by atoms with van der Waals surface area (Å²) in [4.78, 5) is 4.46. The Morgan fingerprint density at radius 1 is 1.46 bits per heavy atom. The van der Waals surface area contributed by atoms with Crippen molar-refractivity contribution in [1.82, 2.24) is 9.38 Å². The third-order valence-electron chi connectivity index (χ3n) is 2.14. The largest absolute Gasteiger partial charge is 0.303 e. The molecule has 0 aliphatic carbocycles. The highest BCUT2D eigenvalue weighted by Crippen LogP contribution is 2.14. The summed E-state index contributed by atoms with van der Waals surface area (Å²) in [5.41, 5.74) is 2.09. The number of fused-ring (bicyclic) bond motifs is 1. The van der Waals surface area contributed by atoms with Gasteiger partial charge in [0.25, 0.3) is 0 Å². The van der Waals surface area contributed by atoms with Crippen molar-refractivity contribution in [3.05, 3.63) is 35.9 Å². The smallest absolute Gasteiger partial charge is 0.113 e. The lowest BCUT2D eigenvalue weighted by Crippen LogP contribution is -1.90. The number of alkyl halides is 1. The Labute approximate surface area is 82.2 Å². The molecule has 0 amide bonds. The SMILES string of the molecule is CCc1nc(CCl)c2ccccn12. The number of halogens is 1. The van der Waals surface area contributed by atoms with Crippen LogP contribution in [0.3, 0.4) is 0 Å². The first-order chi connectivity index (χ1) is 6.36. The fraction of sp³-hybridized carbons (Fsp3) is 0.300. The average Bonchev–Trinajstić information content (AvgIpc) is 2.56. The molecule has 0 aliphatic rings. The first kappa shape index (κ1) is 8.57. The number of imidazole rings is 1. The molecule has 2 heterocycles. The maximum Gasteiger partial charge on any atom is 0.113 e. The highest BCUT2D eigenvalue weighted by molar-refractivity contribution is 6.17. The third-order valence-corrected chi connectivity index (χ3v) is 2.39. The number of aryl methyl sites for hydroxylation is 1. The van der Waals surface area contributed by atoms with Crippen molar-refractivity contribution in [3.63, 3.8) is 0 Å². The predicted octanol–water partition coefficient (Wildman–Crippen LogP) is 2.64. The lowest BCUT2D eigenvalue weighted by atomic mass is 10.3. The Balaban J connectivity index is 2.74. The van der Waals surface area contributed by atoms with Gasteiger partial charge in [-0.05, 0) is 12.1 Å². The van der Waals surface area contributed by atoms with E-state index in [0.29, 0.717) is 5.88 Å². The first-order valence-electron chi connectivity index (χ1n) is 4.37. The van der Waals surface area contributed by atoms with Crippen molar-refractivity contribution < 1.29 is 0 Å². The van der Waals surface area contributed by atoms with Gasteiger partial charge in [0.05, 0.1) is 17.1 Å². The van der Waals surface area contributed by atoms with Crippen LogP contribution in [0.1, 0.15) is 18.4 Å². The number of hydrogen-bond donors (Lipinski definition) is 0. The molecule has 0 unspecified atom stereocenters. The van der Waals surface area contributed by atoms with Crippen molar-refractivity contribution >= 4 is 17.1 Å². The molecule has 2 aromatic heterocycles. The zero-order chi connectivity index (χ0) is 9.26. The van der Waals surface area contributed by atoms with Crippen molar-refractivity contribution in [2.45, 2.75) is 19.2 Å². The molecule has 0 radical (unpaired) electrons. The van der Waals surface area contributed by atoms with Gasteiger partial charge in [0.1, 0.15) is 5.82 Å². The van der Waals surface area contributed by atoms with E-state index in [1.165, 1.54) is 0 Å². The van der Waals surface area contributed by atoms with Gasteiger partial charge in [0.2, 0.25) is 0 Å². The summed E-state index contributed by atoms with van der Waals surface area (Å²) in [6, 6.07) is 6.06. The van der Waals surface area contributed by atoms with Gasteiger partial charge < -0.3 is 4.40 Å². The van der Waals surface area contributed by atoms with Gasteiger partial charge in [0, 0.05) is 12.6 Å². The molecule has 3 heteroatoms. The van der Waals surface area contributed by atoms with Crippen LogP contribution in [0.4, 0.5) is 0 Å². The zero-order valence-electron chi connectivity index (χ0n) is 7.50. The standard InChI is InChI=1S/C10H11ClN2/c1-2-10-12-8(7-11)9-5-3-4-6-13(9)10/h3-6H,2,7H2,1H3. The molecule has 0 N–H and O–H groups in total. The number of rotatable bonds is 2. The molecule has 0 atom stereocenters. The number of hydrogen-bond acceptors (Lipinski definition) is 1. The van der Waals surface area contributed by atoms with E-state index in [2.05, 4.69) is 16.3 Å². The number of aromatic nitrogens is 2. The van der Waals surface area contributed by atoms with Crippen LogP contribution in [0.2, 0.25) is 0 Å². The Hall–Kier alpha value is -1.02. The molecule has 0 saturated heterocycles. The molecule has 0 spiro atoms. The molecule has 68 valence electrons. The van der Waals surface area contributed by atoms with E-state index >= 15 is 0 Å². The van der Waals surface area contributed by atoms with Crippen molar-refractivity contribution in [2.24, 2.45) is 0 Å². The topological polar surface area (TPSA) is 17.3 Å². The Morgan fingerprint density at radius 3 is 3.00 bits per heavy atom. The third kappa shape index (κ3) is 1.31. The van der Waals surface area contributed by atoms with E-state index in [1.807, 2.05) is 24.4 Å². The summed E-state index contributed by atoms with van der Waals surface area (Å²) < 4.78 is 2.09.